The van der Waals surface area contributed by atoms with Crippen molar-refractivity contribution in [2.75, 3.05) is 32.7 Å². The molecule has 0 saturated heterocycles. The SMILES string of the molecule is CONC(=O)N1CCc2cc(OC)c(C(=O)Nc3cccc(-c4nnnn4[C@H](C)CO)n3)cc2C1. The summed E-state index contributed by atoms with van der Waals surface area (Å²) in [7, 11) is 2.88. The molecule has 13 heteroatoms. The second-order valence-electron chi connectivity index (χ2n) is 7.94. The molecule has 1 aliphatic heterocycles. The van der Waals surface area contributed by atoms with Crippen LogP contribution in [0.25, 0.3) is 11.5 Å². The van der Waals surface area contributed by atoms with Crippen molar-refractivity contribution in [1.29, 1.82) is 0 Å². The Labute approximate surface area is 201 Å². The van der Waals surface area contributed by atoms with E-state index in [2.05, 4.69) is 31.3 Å². The van der Waals surface area contributed by atoms with Crippen LogP contribution in [-0.2, 0) is 17.8 Å². The zero-order valence-corrected chi connectivity index (χ0v) is 19.6. The third-order valence-corrected chi connectivity index (χ3v) is 5.65. The molecule has 3 heterocycles. The first-order chi connectivity index (χ1) is 16.9. The number of tetrazole rings is 1. The van der Waals surface area contributed by atoms with Crippen LogP contribution < -0.4 is 15.5 Å². The summed E-state index contributed by atoms with van der Waals surface area (Å²) in [5, 5.41) is 23.8. The van der Waals surface area contributed by atoms with Gasteiger partial charge >= 0.3 is 6.03 Å². The van der Waals surface area contributed by atoms with Gasteiger partial charge in [0.05, 0.1) is 32.4 Å². The molecule has 0 saturated carbocycles. The highest BCUT2D eigenvalue weighted by molar-refractivity contribution is 6.06. The minimum absolute atomic E-state index is 0.142. The smallest absolute Gasteiger partial charge is 0.341 e. The molecule has 0 radical (unpaired) electrons. The molecule has 3 N–H and O–H groups in total. The summed E-state index contributed by atoms with van der Waals surface area (Å²) in [5.74, 6) is 0.659. The lowest BCUT2D eigenvalue weighted by Gasteiger charge is -2.29. The maximum Gasteiger partial charge on any atom is 0.341 e. The number of rotatable bonds is 7. The molecule has 0 spiro atoms. The van der Waals surface area contributed by atoms with Crippen LogP contribution in [0, 0.1) is 0 Å². The first-order valence-corrected chi connectivity index (χ1v) is 10.9. The molecule has 13 nitrogen and oxygen atoms in total. The van der Waals surface area contributed by atoms with Gasteiger partial charge in [-0.05, 0) is 59.2 Å². The lowest BCUT2D eigenvalue weighted by molar-refractivity contribution is 0.0843. The van der Waals surface area contributed by atoms with E-state index in [-0.39, 0.29) is 18.7 Å². The van der Waals surface area contributed by atoms with E-state index in [4.69, 9.17) is 9.57 Å². The van der Waals surface area contributed by atoms with E-state index >= 15 is 0 Å². The van der Waals surface area contributed by atoms with Crippen LogP contribution in [-0.4, -0.2) is 74.5 Å². The van der Waals surface area contributed by atoms with Crippen molar-refractivity contribution in [2.24, 2.45) is 0 Å². The van der Waals surface area contributed by atoms with Gasteiger partial charge in [0, 0.05) is 13.1 Å². The van der Waals surface area contributed by atoms with Crippen molar-refractivity contribution in [2.45, 2.75) is 25.9 Å². The van der Waals surface area contributed by atoms with Crippen LogP contribution in [0.3, 0.4) is 0 Å². The van der Waals surface area contributed by atoms with Gasteiger partial charge in [0.15, 0.2) is 0 Å². The monoisotopic (exact) mass is 482 g/mol. The Kier molecular flexibility index (Phi) is 7.17. The summed E-state index contributed by atoms with van der Waals surface area (Å²) >= 11 is 0. The number of methoxy groups -OCH3 is 1. The van der Waals surface area contributed by atoms with Crippen LogP contribution in [0.15, 0.2) is 30.3 Å². The molecule has 3 amide bonds. The number of aliphatic hydroxyl groups excluding tert-OH is 1. The second kappa shape index (κ2) is 10.4. The normalized spacial score (nSPS) is 13.7. The van der Waals surface area contributed by atoms with Crippen molar-refractivity contribution in [1.82, 2.24) is 35.6 Å². The van der Waals surface area contributed by atoms with Gasteiger partial charge in [-0.2, -0.15) is 0 Å². The Hall–Kier alpha value is -4.10. The first-order valence-electron chi connectivity index (χ1n) is 10.9. The minimum atomic E-state index is -0.420. The van der Waals surface area contributed by atoms with Gasteiger partial charge in [0.2, 0.25) is 5.82 Å². The van der Waals surface area contributed by atoms with Gasteiger partial charge in [-0.1, -0.05) is 6.07 Å². The molecule has 0 fully saturated rings. The fourth-order valence-corrected chi connectivity index (χ4v) is 3.81. The van der Waals surface area contributed by atoms with E-state index in [0.29, 0.717) is 48.2 Å². The maximum atomic E-state index is 13.2. The number of aromatic nitrogens is 5. The zero-order chi connectivity index (χ0) is 24.9. The standard InChI is InChI=1S/C22H26N8O5/c1-13(12-31)30-20(25-27-28-30)17-5-4-6-19(23-17)24-21(32)16-9-15-11-29(22(33)26-35-3)8-7-14(15)10-18(16)34-2/h4-6,9-10,13,31H,7-8,11-12H2,1-3H3,(H,26,33)(H,23,24,32)/t13-/m1/s1. The average Bonchev–Trinajstić information content (AvgIpc) is 3.37. The fraction of sp³-hybridized carbons (Fsp3) is 0.364. The van der Waals surface area contributed by atoms with E-state index in [1.54, 1.807) is 36.1 Å². The average molecular weight is 483 g/mol. The molecule has 35 heavy (non-hydrogen) atoms. The van der Waals surface area contributed by atoms with E-state index < -0.39 is 5.91 Å². The van der Waals surface area contributed by atoms with Crippen LogP contribution in [0.5, 0.6) is 5.75 Å². The molecule has 1 aliphatic rings. The lowest BCUT2D eigenvalue weighted by atomic mass is 9.96. The summed E-state index contributed by atoms with van der Waals surface area (Å²) in [6.45, 7) is 2.47. The number of fused-ring (bicyclic) bond motifs is 1. The molecule has 2 aromatic heterocycles. The summed E-state index contributed by atoms with van der Waals surface area (Å²) in [5.41, 5.74) is 4.91. The number of hydroxylamine groups is 1. The Morgan fingerprint density at radius 2 is 2.06 bits per heavy atom. The van der Waals surface area contributed by atoms with Crippen LogP contribution in [0.1, 0.15) is 34.5 Å². The zero-order valence-electron chi connectivity index (χ0n) is 19.6. The summed E-state index contributed by atoms with van der Waals surface area (Å²) in [6.07, 6.45) is 0.620. The highest BCUT2D eigenvalue weighted by Crippen LogP contribution is 2.29. The minimum Gasteiger partial charge on any atom is -0.496 e. The lowest BCUT2D eigenvalue weighted by Crippen LogP contribution is -2.42. The molecular formula is C22H26N8O5. The predicted octanol–water partition coefficient (Wildman–Crippen LogP) is 1.18. The summed E-state index contributed by atoms with van der Waals surface area (Å²) in [4.78, 5) is 36.1. The van der Waals surface area contributed by atoms with Crippen molar-refractivity contribution in [3.05, 3.63) is 47.0 Å². The van der Waals surface area contributed by atoms with Gasteiger partial charge in [0.1, 0.15) is 17.3 Å². The van der Waals surface area contributed by atoms with Gasteiger partial charge in [-0.15, -0.1) is 5.10 Å². The topological polar surface area (TPSA) is 157 Å². The molecule has 4 rings (SSSR count). The number of aliphatic hydroxyl groups is 1. The van der Waals surface area contributed by atoms with Crippen LogP contribution >= 0.6 is 0 Å². The molecule has 3 aromatic rings. The molecule has 184 valence electrons. The number of ether oxygens (including phenoxy) is 1. The Morgan fingerprint density at radius 3 is 2.80 bits per heavy atom. The predicted molar refractivity (Wildman–Crippen MR) is 123 cm³/mol. The van der Waals surface area contributed by atoms with Crippen molar-refractivity contribution in [3.63, 3.8) is 0 Å². The summed E-state index contributed by atoms with van der Waals surface area (Å²) in [6, 6.07) is 7.93. The summed E-state index contributed by atoms with van der Waals surface area (Å²) < 4.78 is 6.94. The van der Waals surface area contributed by atoms with Crippen LogP contribution in [0.4, 0.5) is 10.6 Å². The quantitative estimate of drug-likeness (QED) is 0.421. The number of pyridine rings is 1. The molecule has 0 aliphatic carbocycles. The van der Waals surface area contributed by atoms with Gasteiger partial charge in [-0.3, -0.25) is 9.63 Å². The fourth-order valence-electron chi connectivity index (χ4n) is 3.81. The number of nitrogens with one attached hydrogen (secondary N) is 2. The molecular weight excluding hydrogens is 456 g/mol. The van der Waals surface area contributed by atoms with E-state index in [0.717, 1.165) is 11.1 Å². The van der Waals surface area contributed by atoms with Gasteiger partial charge < -0.3 is 20.1 Å². The number of hydrogen-bond donors (Lipinski definition) is 3. The molecule has 0 unspecified atom stereocenters. The number of nitrogens with zero attached hydrogens (tertiary/aromatic N) is 6. The first kappa shape index (κ1) is 24.0. The molecule has 1 aromatic carbocycles. The van der Waals surface area contributed by atoms with Crippen molar-refractivity contribution in [3.8, 4) is 17.3 Å². The number of benzene rings is 1. The van der Waals surface area contributed by atoms with Crippen LogP contribution in [0.2, 0.25) is 0 Å². The third kappa shape index (κ3) is 5.05. The largest absolute Gasteiger partial charge is 0.496 e. The number of amides is 3. The van der Waals surface area contributed by atoms with E-state index in [1.165, 1.54) is 18.9 Å². The second-order valence-corrected chi connectivity index (χ2v) is 7.94. The van der Waals surface area contributed by atoms with Gasteiger partial charge in [0.25, 0.3) is 5.91 Å². The van der Waals surface area contributed by atoms with E-state index in [9.17, 15) is 14.7 Å². The van der Waals surface area contributed by atoms with Crippen molar-refractivity contribution >= 4 is 17.8 Å². The number of anilines is 1. The van der Waals surface area contributed by atoms with Gasteiger partial charge in [-0.25, -0.2) is 19.9 Å². The third-order valence-electron chi connectivity index (χ3n) is 5.65. The van der Waals surface area contributed by atoms with Crippen molar-refractivity contribution < 1.29 is 24.3 Å². The molecule has 1 atom stereocenters. The Morgan fingerprint density at radius 1 is 1.23 bits per heavy atom. The number of hydrogen-bond acceptors (Lipinski definition) is 9. The maximum absolute atomic E-state index is 13.2. The number of carbonyl (C=O) groups is 2. The van der Waals surface area contributed by atoms with E-state index in [1.807, 2.05) is 6.07 Å². The highest BCUT2D eigenvalue weighted by Gasteiger charge is 2.25. The highest BCUT2D eigenvalue weighted by atomic mass is 16.6. The molecule has 0 bridgehead atoms. The number of carbonyl (C=O) groups excluding carboxylic acids is 2. The number of urea groups is 1. The Balaban J connectivity index is 1.58. The Bertz CT molecular complexity index is 1230.